The fourth-order valence-electron chi connectivity index (χ4n) is 1.62. The largest absolute Gasteiger partial charge is 0.385 e. The summed E-state index contributed by atoms with van der Waals surface area (Å²) in [5.41, 5.74) is 6.21. The molecule has 102 valence electrons. The number of rotatable bonds is 7. The summed E-state index contributed by atoms with van der Waals surface area (Å²) < 4.78 is 32.4. The Balaban J connectivity index is 2.68. The molecule has 0 radical (unpaired) electrons. The van der Waals surface area contributed by atoms with Crippen LogP contribution in [0.15, 0.2) is 17.0 Å². The highest BCUT2D eigenvalue weighted by Gasteiger charge is 2.12. The van der Waals surface area contributed by atoms with Gasteiger partial charge in [0.1, 0.15) is 11.6 Å². The number of methoxy groups -OCH3 is 1. The van der Waals surface area contributed by atoms with Crippen molar-refractivity contribution in [2.45, 2.75) is 30.7 Å². The molecule has 1 unspecified atom stereocenters. The van der Waals surface area contributed by atoms with Crippen molar-refractivity contribution in [3.05, 3.63) is 29.3 Å². The van der Waals surface area contributed by atoms with Crippen molar-refractivity contribution < 1.29 is 13.5 Å². The summed E-state index contributed by atoms with van der Waals surface area (Å²) >= 11 is 1.18. The molecule has 1 rings (SSSR count). The molecule has 2 N–H and O–H groups in total. The van der Waals surface area contributed by atoms with Crippen molar-refractivity contribution in [1.29, 1.82) is 0 Å². The van der Waals surface area contributed by atoms with Crippen molar-refractivity contribution >= 4 is 11.8 Å². The van der Waals surface area contributed by atoms with E-state index in [1.165, 1.54) is 23.9 Å². The van der Waals surface area contributed by atoms with Gasteiger partial charge in [0.25, 0.3) is 0 Å². The van der Waals surface area contributed by atoms with Gasteiger partial charge in [0.2, 0.25) is 0 Å². The molecule has 5 heteroatoms. The number of hydrogen-bond donors (Lipinski definition) is 1. The zero-order chi connectivity index (χ0) is 13.5. The lowest BCUT2D eigenvalue weighted by Gasteiger charge is -2.09. The van der Waals surface area contributed by atoms with Gasteiger partial charge in [-0.05, 0) is 37.5 Å². The maximum Gasteiger partial charge on any atom is 0.140 e. The van der Waals surface area contributed by atoms with Crippen molar-refractivity contribution in [3.8, 4) is 0 Å². The van der Waals surface area contributed by atoms with Crippen LogP contribution >= 0.6 is 11.8 Å². The van der Waals surface area contributed by atoms with Crippen LogP contribution in [0.2, 0.25) is 0 Å². The van der Waals surface area contributed by atoms with E-state index in [0.29, 0.717) is 24.3 Å². The molecule has 0 heterocycles. The second-order valence-corrected chi connectivity index (χ2v) is 5.37. The van der Waals surface area contributed by atoms with Crippen LogP contribution < -0.4 is 5.73 Å². The predicted molar refractivity (Wildman–Crippen MR) is 70.9 cm³/mol. The van der Waals surface area contributed by atoms with E-state index < -0.39 is 11.6 Å². The number of ether oxygens (including phenoxy) is 1. The molecule has 0 bridgehead atoms. The van der Waals surface area contributed by atoms with Gasteiger partial charge >= 0.3 is 0 Å². The van der Waals surface area contributed by atoms with Crippen LogP contribution in [0.25, 0.3) is 0 Å². The Morgan fingerprint density at radius 2 is 1.94 bits per heavy atom. The molecular formula is C13H19F2NOS. The Kier molecular flexibility index (Phi) is 6.60. The third-order valence-corrected chi connectivity index (χ3v) is 3.53. The van der Waals surface area contributed by atoms with Gasteiger partial charge in [0.15, 0.2) is 0 Å². The number of thioether (sulfide) groups is 1. The minimum absolute atomic E-state index is 0.0829. The minimum atomic E-state index is -0.506. The lowest BCUT2D eigenvalue weighted by atomic mass is 10.1. The van der Waals surface area contributed by atoms with Crippen LogP contribution in [0.5, 0.6) is 0 Å². The van der Waals surface area contributed by atoms with Crippen LogP contribution in [0, 0.1) is 11.6 Å². The molecule has 0 aliphatic carbocycles. The van der Waals surface area contributed by atoms with E-state index in [2.05, 4.69) is 0 Å². The van der Waals surface area contributed by atoms with Gasteiger partial charge in [-0.15, -0.1) is 11.8 Å². The van der Waals surface area contributed by atoms with Gasteiger partial charge in [-0.2, -0.15) is 0 Å². The first kappa shape index (κ1) is 15.4. The van der Waals surface area contributed by atoms with Crippen LogP contribution in [0.1, 0.15) is 18.9 Å². The van der Waals surface area contributed by atoms with Gasteiger partial charge in [0, 0.05) is 25.5 Å². The average molecular weight is 275 g/mol. The van der Waals surface area contributed by atoms with E-state index in [4.69, 9.17) is 10.5 Å². The summed E-state index contributed by atoms with van der Waals surface area (Å²) in [6.07, 6.45) is 1.24. The standard InChI is InChI=1S/C13H19F2NOS/c1-9(16)6-10-7-11(14)13(12(15)8-10)18-5-3-4-17-2/h7-9H,3-6,16H2,1-2H3. The van der Waals surface area contributed by atoms with Gasteiger partial charge in [-0.25, -0.2) is 8.78 Å². The Morgan fingerprint density at radius 3 is 2.44 bits per heavy atom. The third kappa shape index (κ3) is 4.92. The molecule has 0 aromatic heterocycles. The monoisotopic (exact) mass is 275 g/mol. The average Bonchev–Trinajstić information content (AvgIpc) is 2.26. The highest BCUT2D eigenvalue weighted by molar-refractivity contribution is 7.99. The number of hydrogen-bond acceptors (Lipinski definition) is 3. The molecule has 0 aliphatic rings. The third-order valence-electron chi connectivity index (χ3n) is 2.35. The minimum Gasteiger partial charge on any atom is -0.385 e. The summed E-state index contributed by atoms with van der Waals surface area (Å²) in [4.78, 5) is 0.0829. The smallest absolute Gasteiger partial charge is 0.140 e. The molecule has 0 spiro atoms. The number of halogens is 2. The molecule has 1 aromatic rings. The van der Waals surface area contributed by atoms with E-state index >= 15 is 0 Å². The second kappa shape index (κ2) is 7.71. The van der Waals surface area contributed by atoms with Gasteiger partial charge in [0.05, 0.1) is 4.90 Å². The fraction of sp³-hybridized carbons (Fsp3) is 0.538. The molecule has 0 fully saturated rings. The SMILES string of the molecule is COCCCSc1c(F)cc(CC(C)N)cc1F. The highest BCUT2D eigenvalue weighted by Crippen LogP contribution is 2.27. The molecule has 1 aromatic carbocycles. The van der Waals surface area contributed by atoms with E-state index in [0.717, 1.165) is 6.42 Å². The van der Waals surface area contributed by atoms with Gasteiger partial charge < -0.3 is 10.5 Å². The predicted octanol–water partition coefficient (Wildman–Crippen LogP) is 2.98. The van der Waals surface area contributed by atoms with Crippen LogP contribution in [-0.2, 0) is 11.2 Å². The second-order valence-electron chi connectivity index (χ2n) is 4.26. The molecular weight excluding hydrogens is 256 g/mol. The molecule has 0 amide bonds. The summed E-state index contributed by atoms with van der Waals surface area (Å²) in [5.74, 6) is -0.380. The molecule has 2 nitrogen and oxygen atoms in total. The Hall–Kier alpha value is -0.650. The maximum atomic E-state index is 13.7. The molecule has 0 saturated heterocycles. The first-order valence-electron chi connectivity index (χ1n) is 5.89. The van der Waals surface area contributed by atoms with Crippen molar-refractivity contribution in [3.63, 3.8) is 0 Å². The fourth-order valence-corrected chi connectivity index (χ4v) is 2.48. The molecule has 1 atom stereocenters. The summed E-state index contributed by atoms with van der Waals surface area (Å²) in [6, 6.07) is 2.62. The molecule has 18 heavy (non-hydrogen) atoms. The summed E-state index contributed by atoms with van der Waals surface area (Å²) in [7, 11) is 1.61. The van der Waals surface area contributed by atoms with Crippen molar-refractivity contribution in [1.82, 2.24) is 0 Å². The zero-order valence-electron chi connectivity index (χ0n) is 10.7. The van der Waals surface area contributed by atoms with E-state index in [1.807, 2.05) is 6.92 Å². The first-order chi connectivity index (χ1) is 8.54. The number of nitrogens with two attached hydrogens (primary N) is 1. The molecule has 0 saturated carbocycles. The summed E-state index contributed by atoms with van der Waals surface area (Å²) in [6.45, 7) is 2.40. The van der Waals surface area contributed by atoms with Crippen LogP contribution in [0.4, 0.5) is 8.78 Å². The normalized spacial score (nSPS) is 12.7. The maximum absolute atomic E-state index is 13.7. The van der Waals surface area contributed by atoms with Crippen molar-refractivity contribution in [2.24, 2.45) is 5.73 Å². The van der Waals surface area contributed by atoms with Gasteiger partial charge in [-0.3, -0.25) is 0 Å². The van der Waals surface area contributed by atoms with Crippen molar-refractivity contribution in [2.75, 3.05) is 19.5 Å². The van der Waals surface area contributed by atoms with E-state index in [-0.39, 0.29) is 10.9 Å². The Labute approximate surface area is 111 Å². The highest BCUT2D eigenvalue weighted by atomic mass is 32.2. The number of benzene rings is 1. The lowest BCUT2D eigenvalue weighted by molar-refractivity contribution is 0.200. The Morgan fingerprint density at radius 1 is 1.33 bits per heavy atom. The van der Waals surface area contributed by atoms with Crippen LogP contribution in [-0.4, -0.2) is 25.5 Å². The summed E-state index contributed by atoms with van der Waals surface area (Å²) in [5, 5.41) is 0. The Bertz CT molecular complexity index is 362. The van der Waals surface area contributed by atoms with Crippen LogP contribution in [0.3, 0.4) is 0 Å². The quantitative estimate of drug-likeness (QED) is 0.614. The van der Waals surface area contributed by atoms with E-state index in [9.17, 15) is 8.78 Å². The topological polar surface area (TPSA) is 35.2 Å². The zero-order valence-corrected chi connectivity index (χ0v) is 11.5. The molecule has 0 aliphatic heterocycles. The van der Waals surface area contributed by atoms with E-state index in [1.54, 1.807) is 7.11 Å². The lowest BCUT2D eigenvalue weighted by Crippen LogP contribution is -2.18. The van der Waals surface area contributed by atoms with Gasteiger partial charge in [-0.1, -0.05) is 0 Å². The first-order valence-corrected chi connectivity index (χ1v) is 6.88.